The molecule has 0 amide bonds. The van der Waals surface area contributed by atoms with E-state index in [0.717, 1.165) is 35.6 Å². The number of hydrogen-bond acceptors (Lipinski definition) is 2. The Kier molecular flexibility index (Phi) is 4.22. The fourth-order valence-corrected chi connectivity index (χ4v) is 3.42. The molecule has 1 N–H and O–H groups in total. The molecule has 1 aliphatic heterocycles. The molecule has 0 bridgehead atoms. The standard InChI is InChI=1S/C13H15F3OS/c14-13(15,16)11-3-1-9(2-4-11)7-12(17)10-5-6-18-8-10/h1-4,10,12,17H,5-8H2. The Bertz CT molecular complexity index is 382. The Morgan fingerprint density at radius 1 is 1.28 bits per heavy atom. The summed E-state index contributed by atoms with van der Waals surface area (Å²) in [6.07, 6.45) is -3.31. The van der Waals surface area contributed by atoms with Crippen LogP contribution < -0.4 is 0 Å². The van der Waals surface area contributed by atoms with E-state index in [4.69, 9.17) is 0 Å². The van der Waals surface area contributed by atoms with E-state index in [9.17, 15) is 18.3 Å². The van der Waals surface area contributed by atoms with Crippen molar-refractivity contribution in [1.29, 1.82) is 0 Å². The number of thioether (sulfide) groups is 1. The fourth-order valence-electron chi connectivity index (χ4n) is 2.09. The van der Waals surface area contributed by atoms with Gasteiger partial charge in [0.25, 0.3) is 0 Å². The third kappa shape index (κ3) is 3.42. The predicted molar refractivity (Wildman–Crippen MR) is 66.6 cm³/mol. The Balaban J connectivity index is 1.97. The van der Waals surface area contributed by atoms with Crippen molar-refractivity contribution in [1.82, 2.24) is 0 Å². The summed E-state index contributed by atoms with van der Waals surface area (Å²) in [6, 6.07) is 5.05. The third-order valence-corrected chi connectivity index (χ3v) is 4.42. The second-order valence-electron chi connectivity index (χ2n) is 4.59. The van der Waals surface area contributed by atoms with Gasteiger partial charge in [0.15, 0.2) is 0 Å². The summed E-state index contributed by atoms with van der Waals surface area (Å²) < 4.78 is 37.1. The molecule has 0 saturated carbocycles. The molecule has 100 valence electrons. The Morgan fingerprint density at radius 3 is 2.44 bits per heavy atom. The molecule has 2 unspecified atom stereocenters. The van der Waals surface area contributed by atoms with Gasteiger partial charge in [-0.3, -0.25) is 0 Å². The van der Waals surface area contributed by atoms with Gasteiger partial charge in [0, 0.05) is 0 Å². The van der Waals surface area contributed by atoms with Crippen molar-refractivity contribution >= 4 is 11.8 Å². The molecule has 1 fully saturated rings. The molecule has 1 aromatic carbocycles. The average Bonchev–Trinajstić information content (AvgIpc) is 2.82. The highest BCUT2D eigenvalue weighted by atomic mass is 32.2. The van der Waals surface area contributed by atoms with Gasteiger partial charge in [-0.2, -0.15) is 24.9 Å². The number of aliphatic hydroxyl groups is 1. The molecular formula is C13H15F3OS. The van der Waals surface area contributed by atoms with Gasteiger partial charge in [-0.05, 0) is 48.0 Å². The van der Waals surface area contributed by atoms with Crippen LogP contribution in [0.1, 0.15) is 17.5 Å². The highest BCUT2D eigenvalue weighted by molar-refractivity contribution is 7.99. The first-order valence-corrected chi connectivity index (χ1v) is 7.04. The van der Waals surface area contributed by atoms with Gasteiger partial charge in [-0.25, -0.2) is 0 Å². The number of hydrogen-bond donors (Lipinski definition) is 1. The average molecular weight is 276 g/mol. The lowest BCUT2D eigenvalue weighted by molar-refractivity contribution is -0.137. The number of halogens is 3. The minimum atomic E-state index is -4.29. The van der Waals surface area contributed by atoms with Crippen molar-refractivity contribution in [3.05, 3.63) is 35.4 Å². The lowest BCUT2D eigenvalue weighted by Crippen LogP contribution is -2.22. The van der Waals surface area contributed by atoms with Crippen LogP contribution in [0.3, 0.4) is 0 Å². The summed E-state index contributed by atoms with van der Waals surface area (Å²) in [6.45, 7) is 0. The second kappa shape index (κ2) is 5.53. The van der Waals surface area contributed by atoms with Gasteiger partial charge in [-0.1, -0.05) is 12.1 Å². The van der Waals surface area contributed by atoms with Crippen LogP contribution in [-0.2, 0) is 12.6 Å². The first-order chi connectivity index (χ1) is 8.47. The van der Waals surface area contributed by atoms with Gasteiger partial charge in [0.05, 0.1) is 11.7 Å². The molecule has 1 heterocycles. The van der Waals surface area contributed by atoms with Gasteiger partial charge in [0.2, 0.25) is 0 Å². The minimum Gasteiger partial charge on any atom is -0.392 e. The van der Waals surface area contributed by atoms with E-state index in [0.29, 0.717) is 6.42 Å². The number of benzene rings is 1. The zero-order valence-electron chi connectivity index (χ0n) is 9.78. The Morgan fingerprint density at radius 2 is 1.94 bits per heavy atom. The molecule has 0 spiro atoms. The van der Waals surface area contributed by atoms with Crippen molar-refractivity contribution in [2.45, 2.75) is 25.1 Å². The van der Waals surface area contributed by atoms with Crippen molar-refractivity contribution in [2.24, 2.45) is 5.92 Å². The highest BCUT2D eigenvalue weighted by Gasteiger charge is 2.30. The quantitative estimate of drug-likeness (QED) is 0.913. The molecule has 2 rings (SSSR count). The fraction of sp³-hybridized carbons (Fsp3) is 0.538. The van der Waals surface area contributed by atoms with Gasteiger partial charge >= 0.3 is 6.18 Å². The summed E-state index contributed by atoms with van der Waals surface area (Å²) in [5.74, 6) is 2.29. The van der Waals surface area contributed by atoms with Gasteiger partial charge in [-0.15, -0.1) is 0 Å². The van der Waals surface area contributed by atoms with E-state index < -0.39 is 17.8 Å². The maximum absolute atomic E-state index is 12.4. The molecule has 1 saturated heterocycles. The van der Waals surface area contributed by atoms with Gasteiger partial charge in [0.1, 0.15) is 0 Å². The molecule has 0 aliphatic carbocycles. The van der Waals surface area contributed by atoms with Crippen LogP contribution in [0, 0.1) is 5.92 Å². The zero-order valence-corrected chi connectivity index (χ0v) is 10.6. The van der Waals surface area contributed by atoms with E-state index in [1.807, 2.05) is 11.8 Å². The van der Waals surface area contributed by atoms with Crippen molar-refractivity contribution in [3.63, 3.8) is 0 Å². The molecule has 1 nitrogen and oxygen atoms in total. The number of rotatable bonds is 3. The van der Waals surface area contributed by atoms with Crippen LogP contribution in [-0.4, -0.2) is 22.7 Å². The maximum Gasteiger partial charge on any atom is 0.416 e. The van der Waals surface area contributed by atoms with Crippen molar-refractivity contribution in [2.75, 3.05) is 11.5 Å². The normalized spacial score (nSPS) is 22.1. The van der Waals surface area contributed by atoms with E-state index in [1.165, 1.54) is 12.1 Å². The molecule has 0 radical (unpaired) electrons. The van der Waals surface area contributed by atoms with E-state index in [1.54, 1.807) is 0 Å². The van der Waals surface area contributed by atoms with Crippen molar-refractivity contribution < 1.29 is 18.3 Å². The van der Waals surface area contributed by atoms with E-state index in [-0.39, 0.29) is 5.92 Å². The lowest BCUT2D eigenvalue weighted by atomic mass is 9.95. The Hall–Kier alpha value is -0.680. The molecule has 18 heavy (non-hydrogen) atoms. The van der Waals surface area contributed by atoms with Crippen LogP contribution in [0.2, 0.25) is 0 Å². The molecule has 1 aliphatic rings. The van der Waals surface area contributed by atoms with Crippen LogP contribution in [0.25, 0.3) is 0 Å². The molecule has 0 aromatic heterocycles. The van der Waals surface area contributed by atoms with E-state index >= 15 is 0 Å². The van der Waals surface area contributed by atoms with Crippen LogP contribution >= 0.6 is 11.8 Å². The number of aliphatic hydroxyl groups excluding tert-OH is 1. The largest absolute Gasteiger partial charge is 0.416 e. The van der Waals surface area contributed by atoms with Crippen LogP contribution in [0.15, 0.2) is 24.3 Å². The lowest BCUT2D eigenvalue weighted by Gasteiger charge is -2.17. The minimum absolute atomic E-state index is 0.275. The Labute approximate surface area is 108 Å². The molecule has 2 atom stereocenters. The second-order valence-corrected chi connectivity index (χ2v) is 5.74. The topological polar surface area (TPSA) is 20.2 Å². The monoisotopic (exact) mass is 276 g/mol. The highest BCUT2D eigenvalue weighted by Crippen LogP contribution is 2.30. The first-order valence-electron chi connectivity index (χ1n) is 5.89. The summed E-state index contributed by atoms with van der Waals surface area (Å²) in [7, 11) is 0. The first kappa shape index (κ1) is 13.7. The number of alkyl halides is 3. The molecule has 5 heteroatoms. The third-order valence-electron chi connectivity index (χ3n) is 3.24. The smallest absolute Gasteiger partial charge is 0.392 e. The van der Waals surface area contributed by atoms with Gasteiger partial charge < -0.3 is 5.11 Å². The maximum atomic E-state index is 12.4. The predicted octanol–water partition coefficient (Wildman–Crippen LogP) is 3.36. The van der Waals surface area contributed by atoms with Crippen LogP contribution in [0.5, 0.6) is 0 Å². The summed E-state index contributed by atoms with van der Waals surface area (Å²) >= 11 is 1.82. The zero-order chi connectivity index (χ0) is 13.2. The van der Waals surface area contributed by atoms with E-state index in [2.05, 4.69) is 0 Å². The summed E-state index contributed by atoms with van der Waals surface area (Å²) in [4.78, 5) is 0. The SMILES string of the molecule is OC(Cc1ccc(C(F)(F)F)cc1)C1CCSC1. The van der Waals surface area contributed by atoms with Crippen molar-refractivity contribution in [3.8, 4) is 0 Å². The molecular weight excluding hydrogens is 261 g/mol. The molecule has 1 aromatic rings. The van der Waals surface area contributed by atoms with Crippen LogP contribution in [0.4, 0.5) is 13.2 Å². The summed E-state index contributed by atoms with van der Waals surface area (Å²) in [5, 5.41) is 10.00. The summed E-state index contributed by atoms with van der Waals surface area (Å²) in [5.41, 5.74) is 0.115.